The number of allylic oxidation sites excluding steroid dienone is 2. The van der Waals surface area contributed by atoms with Gasteiger partial charge in [-0.3, -0.25) is 0 Å². The zero-order chi connectivity index (χ0) is 14.1. The first-order chi connectivity index (χ1) is 9.22. The molecule has 3 heteroatoms. The van der Waals surface area contributed by atoms with Crippen molar-refractivity contribution < 1.29 is 9.47 Å². The number of ether oxygens (including phenoxy) is 2. The van der Waals surface area contributed by atoms with Gasteiger partial charge in [-0.1, -0.05) is 19.9 Å². The lowest BCUT2D eigenvalue weighted by atomic mass is 10.1. The number of hydrogen-bond donors (Lipinski definition) is 0. The molecule has 102 valence electrons. The van der Waals surface area contributed by atoms with E-state index in [2.05, 4.69) is 13.8 Å². The molecule has 0 heterocycles. The van der Waals surface area contributed by atoms with E-state index in [-0.39, 0.29) is 0 Å². The van der Waals surface area contributed by atoms with Gasteiger partial charge in [0.15, 0.2) is 11.5 Å². The lowest BCUT2D eigenvalue weighted by Gasteiger charge is -2.13. The molecular formula is C16H21NO2. The Morgan fingerprint density at radius 1 is 1.16 bits per heavy atom. The molecule has 1 aromatic carbocycles. The predicted molar refractivity (Wildman–Crippen MR) is 77.3 cm³/mol. The van der Waals surface area contributed by atoms with Gasteiger partial charge in [-0.05, 0) is 43.0 Å². The highest BCUT2D eigenvalue weighted by atomic mass is 16.5. The summed E-state index contributed by atoms with van der Waals surface area (Å²) in [5, 5.41) is 8.70. The minimum absolute atomic E-state index is 0.660. The Hall–Kier alpha value is -1.95. The van der Waals surface area contributed by atoms with Gasteiger partial charge in [0.05, 0.1) is 19.3 Å². The van der Waals surface area contributed by atoms with Crippen molar-refractivity contribution in [3.63, 3.8) is 0 Å². The highest BCUT2D eigenvalue weighted by molar-refractivity contribution is 5.68. The fourth-order valence-electron chi connectivity index (χ4n) is 1.59. The van der Waals surface area contributed by atoms with Crippen LogP contribution in [0.25, 0.3) is 5.57 Å². The van der Waals surface area contributed by atoms with Gasteiger partial charge >= 0.3 is 0 Å². The number of nitriles is 1. The summed E-state index contributed by atoms with van der Waals surface area (Å²) < 4.78 is 11.4. The van der Waals surface area contributed by atoms with Crippen molar-refractivity contribution in [2.24, 2.45) is 0 Å². The van der Waals surface area contributed by atoms with E-state index >= 15 is 0 Å². The summed E-state index contributed by atoms with van der Waals surface area (Å²) in [6.45, 7) is 7.38. The minimum atomic E-state index is 0.660. The number of nitrogens with zero attached hydrogens (tertiary/aromatic N) is 1. The van der Waals surface area contributed by atoms with Crippen LogP contribution in [0.3, 0.4) is 0 Å². The minimum Gasteiger partial charge on any atom is -0.490 e. The van der Waals surface area contributed by atoms with Gasteiger partial charge in [0.2, 0.25) is 0 Å². The highest BCUT2D eigenvalue weighted by Crippen LogP contribution is 2.31. The molecular weight excluding hydrogens is 238 g/mol. The van der Waals surface area contributed by atoms with Crippen molar-refractivity contribution >= 4 is 5.57 Å². The molecule has 0 saturated carbocycles. The van der Waals surface area contributed by atoms with Crippen LogP contribution in [0.5, 0.6) is 11.5 Å². The lowest BCUT2D eigenvalue weighted by molar-refractivity contribution is 0.268. The fraction of sp³-hybridized carbons (Fsp3) is 0.438. The third-order valence-corrected chi connectivity index (χ3v) is 2.60. The Kier molecular flexibility index (Phi) is 6.52. The molecule has 0 aliphatic carbocycles. The molecule has 0 aromatic heterocycles. The Balaban J connectivity index is 3.00. The topological polar surface area (TPSA) is 42.2 Å². The number of rotatable bonds is 7. The molecule has 19 heavy (non-hydrogen) atoms. The fourth-order valence-corrected chi connectivity index (χ4v) is 1.59. The maximum Gasteiger partial charge on any atom is 0.161 e. The molecule has 0 spiro atoms. The van der Waals surface area contributed by atoms with E-state index in [9.17, 15) is 0 Å². The zero-order valence-corrected chi connectivity index (χ0v) is 11.9. The van der Waals surface area contributed by atoms with Gasteiger partial charge in [-0.25, -0.2) is 0 Å². The molecule has 3 nitrogen and oxygen atoms in total. The second kappa shape index (κ2) is 8.20. The van der Waals surface area contributed by atoms with Crippen LogP contribution in [-0.4, -0.2) is 13.2 Å². The Morgan fingerprint density at radius 2 is 1.79 bits per heavy atom. The number of benzene rings is 1. The van der Waals surface area contributed by atoms with Crippen LogP contribution in [0.1, 0.15) is 39.2 Å². The van der Waals surface area contributed by atoms with Crippen molar-refractivity contribution in [2.45, 2.75) is 33.6 Å². The van der Waals surface area contributed by atoms with E-state index in [0.717, 1.165) is 35.5 Å². The van der Waals surface area contributed by atoms with Crippen LogP contribution in [-0.2, 0) is 0 Å². The van der Waals surface area contributed by atoms with Gasteiger partial charge in [-0.2, -0.15) is 5.26 Å². The van der Waals surface area contributed by atoms with Crippen molar-refractivity contribution in [3.8, 4) is 17.6 Å². The molecule has 0 bridgehead atoms. The summed E-state index contributed by atoms with van der Waals surface area (Å²) >= 11 is 0. The smallest absolute Gasteiger partial charge is 0.161 e. The maximum atomic E-state index is 8.70. The quantitative estimate of drug-likeness (QED) is 0.689. The Morgan fingerprint density at radius 3 is 2.37 bits per heavy atom. The summed E-state index contributed by atoms with van der Waals surface area (Å²) in [4.78, 5) is 0. The van der Waals surface area contributed by atoms with E-state index in [1.807, 2.05) is 31.2 Å². The summed E-state index contributed by atoms with van der Waals surface area (Å²) in [5.41, 5.74) is 1.90. The van der Waals surface area contributed by atoms with Crippen LogP contribution in [0.4, 0.5) is 0 Å². The summed E-state index contributed by atoms with van der Waals surface area (Å²) in [6, 6.07) is 7.84. The molecule has 0 unspecified atom stereocenters. The second-order valence-electron chi connectivity index (χ2n) is 4.31. The van der Waals surface area contributed by atoms with Crippen LogP contribution in [0.15, 0.2) is 24.3 Å². The lowest BCUT2D eigenvalue weighted by Crippen LogP contribution is -2.01. The standard InChI is InChI=1S/C16H21NO2/c1-4-10-18-15-7-6-14(13(3)8-9-17)12-16(15)19-11-5-2/h6-8,12H,4-5,10-11H2,1-3H3. The van der Waals surface area contributed by atoms with E-state index in [1.165, 1.54) is 6.08 Å². The molecule has 0 N–H and O–H groups in total. The predicted octanol–water partition coefficient (Wildman–Crippen LogP) is 4.19. The molecule has 0 saturated heterocycles. The Bertz CT molecular complexity index is 472. The van der Waals surface area contributed by atoms with Crippen molar-refractivity contribution in [2.75, 3.05) is 13.2 Å². The van der Waals surface area contributed by atoms with Crippen molar-refractivity contribution in [1.29, 1.82) is 5.26 Å². The van der Waals surface area contributed by atoms with Gasteiger partial charge in [0.25, 0.3) is 0 Å². The summed E-state index contributed by atoms with van der Waals surface area (Å²) in [6.07, 6.45) is 3.44. The SMILES string of the molecule is CCCOc1ccc(C(C)=CC#N)cc1OCCC. The third-order valence-electron chi connectivity index (χ3n) is 2.60. The Labute approximate surface area is 115 Å². The van der Waals surface area contributed by atoms with Crippen molar-refractivity contribution in [3.05, 3.63) is 29.8 Å². The van der Waals surface area contributed by atoms with Crippen LogP contribution in [0.2, 0.25) is 0 Å². The molecule has 0 radical (unpaired) electrons. The van der Waals surface area contributed by atoms with E-state index in [0.29, 0.717) is 13.2 Å². The van der Waals surface area contributed by atoms with Crippen LogP contribution < -0.4 is 9.47 Å². The first-order valence-corrected chi connectivity index (χ1v) is 6.69. The van der Waals surface area contributed by atoms with Gasteiger partial charge < -0.3 is 9.47 Å². The van der Waals surface area contributed by atoms with Gasteiger partial charge in [0, 0.05) is 6.08 Å². The highest BCUT2D eigenvalue weighted by Gasteiger charge is 2.07. The zero-order valence-electron chi connectivity index (χ0n) is 11.9. The largest absolute Gasteiger partial charge is 0.490 e. The van der Waals surface area contributed by atoms with Crippen molar-refractivity contribution in [1.82, 2.24) is 0 Å². The summed E-state index contributed by atoms with van der Waals surface area (Å²) in [5.74, 6) is 1.52. The average molecular weight is 259 g/mol. The van der Waals surface area contributed by atoms with Crippen LogP contribution >= 0.6 is 0 Å². The van der Waals surface area contributed by atoms with Gasteiger partial charge in [0.1, 0.15) is 0 Å². The number of hydrogen-bond acceptors (Lipinski definition) is 3. The maximum absolute atomic E-state index is 8.70. The molecule has 0 fully saturated rings. The first kappa shape index (κ1) is 15.1. The molecule has 0 atom stereocenters. The van der Waals surface area contributed by atoms with Crippen LogP contribution in [0, 0.1) is 11.3 Å². The molecule has 1 aromatic rings. The molecule has 1 rings (SSSR count). The molecule has 0 aliphatic rings. The summed E-state index contributed by atoms with van der Waals surface area (Å²) in [7, 11) is 0. The monoisotopic (exact) mass is 259 g/mol. The average Bonchev–Trinajstić information content (AvgIpc) is 2.43. The second-order valence-corrected chi connectivity index (χ2v) is 4.31. The van der Waals surface area contributed by atoms with E-state index in [1.54, 1.807) is 0 Å². The molecule has 0 amide bonds. The van der Waals surface area contributed by atoms with Gasteiger partial charge in [-0.15, -0.1) is 0 Å². The van der Waals surface area contributed by atoms with E-state index < -0.39 is 0 Å². The first-order valence-electron chi connectivity index (χ1n) is 6.69. The van der Waals surface area contributed by atoms with E-state index in [4.69, 9.17) is 14.7 Å². The molecule has 0 aliphatic heterocycles. The normalized spacial score (nSPS) is 10.9. The third kappa shape index (κ3) is 4.67.